The van der Waals surface area contributed by atoms with Gasteiger partial charge < -0.3 is 10.4 Å². The Morgan fingerprint density at radius 3 is 2.88 bits per heavy atom. The van der Waals surface area contributed by atoms with Gasteiger partial charge in [0.2, 0.25) is 5.91 Å². The van der Waals surface area contributed by atoms with Gasteiger partial charge in [-0.05, 0) is 12.1 Å². The highest BCUT2D eigenvalue weighted by atomic mass is 16.4. The zero-order valence-corrected chi connectivity index (χ0v) is 13.1. The number of carboxylic acids is 1. The molecule has 3 heterocycles. The minimum absolute atomic E-state index is 0.153. The maximum atomic E-state index is 11.9. The first-order valence-electron chi connectivity index (χ1n) is 7.91. The summed E-state index contributed by atoms with van der Waals surface area (Å²) >= 11 is 0. The number of benzene rings is 1. The monoisotopic (exact) mass is 326 g/mol. The number of aromatic nitrogens is 2. The number of carbonyl (C=O) groups is 2. The molecule has 2 aliphatic rings. The van der Waals surface area contributed by atoms with E-state index < -0.39 is 17.3 Å². The summed E-state index contributed by atoms with van der Waals surface area (Å²) in [4.78, 5) is 25.7. The number of carboxylic acid groups (broad SMARTS) is 1. The van der Waals surface area contributed by atoms with Crippen molar-refractivity contribution >= 4 is 11.9 Å². The summed E-state index contributed by atoms with van der Waals surface area (Å²) in [6.45, 7) is 1.65. The number of amides is 1. The number of nitrogens with zero attached hydrogens (tertiary/aromatic N) is 3. The Labute approximate surface area is 138 Å². The summed E-state index contributed by atoms with van der Waals surface area (Å²) < 4.78 is 1.80. The molecule has 0 aliphatic carbocycles. The van der Waals surface area contributed by atoms with Crippen LogP contribution in [-0.2, 0) is 16.1 Å². The molecule has 0 unspecified atom stereocenters. The third kappa shape index (κ3) is 2.28. The molecule has 7 heteroatoms. The highest BCUT2D eigenvalue weighted by Crippen LogP contribution is 2.40. The van der Waals surface area contributed by atoms with Crippen LogP contribution in [0.5, 0.6) is 0 Å². The minimum Gasteiger partial charge on any atom is -0.481 e. The zero-order chi connectivity index (χ0) is 16.7. The van der Waals surface area contributed by atoms with Crippen molar-refractivity contribution in [1.82, 2.24) is 20.0 Å². The van der Waals surface area contributed by atoms with Gasteiger partial charge in [-0.2, -0.15) is 5.10 Å². The highest BCUT2D eigenvalue weighted by molar-refractivity contribution is 5.92. The van der Waals surface area contributed by atoms with Crippen LogP contribution in [0.3, 0.4) is 0 Å². The van der Waals surface area contributed by atoms with E-state index in [9.17, 15) is 14.7 Å². The second-order valence-corrected chi connectivity index (χ2v) is 6.53. The SMILES string of the molecule is O=C1NC[C@]2(C(=O)O)CN(Cc3cnn(-c4ccccc4)c3)C[C@H]12. The van der Waals surface area contributed by atoms with Crippen LogP contribution in [0.15, 0.2) is 42.7 Å². The number of hydrogen-bond donors (Lipinski definition) is 2. The Hall–Kier alpha value is -2.67. The summed E-state index contributed by atoms with van der Waals surface area (Å²) in [5.74, 6) is -1.52. The van der Waals surface area contributed by atoms with Gasteiger partial charge in [-0.3, -0.25) is 14.5 Å². The molecule has 1 amide bonds. The fourth-order valence-electron chi connectivity index (χ4n) is 3.72. The van der Waals surface area contributed by atoms with Crippen molar-refractivity contribution < 1.29 is 14.7 Å². The lowest BCUT2D eigenvalue weighted by molar-refractivity contribution is -0.149. The number of hydrogen-bond acceptors (Lipinski definition) is 4. The fourth-order valence-corrected chi connectivity index (χ4v) is 3.72. The van der Waals surface area contributed by atoms with Gasteiger partial charge in [-0.15, -0.1) is 0 Å². The Kier molecular flexibility index (Phi) is 3.38. The van der Waals surface area contributed by atoms with Crippen molar-refractivity contribution in [3.05, 3.63) is 48.3 Å². The molecule has 0 bridgehead atoms. The van der Waals surface area contributed by atoms with Gasteiger partial charge in [0, 0.05) is 37.9 Å². The normalized spacial score (nSPS) is 26.3. The summed E-state index contributed by atoms with van der Waals surface area (Å²) in [5.41, 5.74) is 0.982. The first kappa shape index (κ1) is 14.9. The van der Waals surface area contributed by atoms with E-state index >= 15 is 0 Å². The maximum Gasteiger partial charge on any atom is 0.313 e. The maximum absolute atomic E-state index is 11.9. The molecule has 0 radical (unpaired) electrons. The molecule has 2 saturated heterocycles. The van der Waals surface area contributed by atoms with Crippen LogP contribution < -0.4 is 5.32 Å². The average Bonchev–Trinajstić information content (AvgIpc) is 3.26. The zero-order valence-electron chi connectivity index (χ0n) is 13.1. The molecule has 2 aliphatic heterocycles. The van der Waals surface area contributed by atoms with E-state index in [-0.39, 0.29) is 12.5 Å². The molecule has 1 aromatic heterocycles. The Bertz CT molecular complexity index is 788. The summed E-state index contributed by atoms with van der Waals surface area (Å²) in [6, 6.07) is 9.80. The first-order chi connectivity index (χ1) is 11.6. The van der Waals surface area contributed by atoms with Crippen LogP contribution in [0.4, 0.5) is 0 Å². The highest BCUT2D eigenvalue weighted by Gasteiger charge is 2.59. The minimum atomic E-state index is -0.994. The van der Waals surface area contributed by atoms with Crippen LogP contribution >= 0.6 is 0 Å². The van der Waals surface area contributed by atoms with Gasteiger partial charge in [-0.25, -0.2) is 4.68 Å². The number of rotatable bonds is 4. The van der Waals surface area contributed by atoms with Crippen molar-refractivity contribution in [1.29, 1.82) is 0 Å². The lowest BCUT2D eigenvalue weighted by Gasteiger charge is -2.21. The van der Waals surface area contributed by atoms with Crippen molar-refractivity contribution in [3.8, 4) is 5.69 Å². The molecule has 24 heavy (non-hydrogen) atoms. The molecule has 4 rings (SSSR count). The number of carbonyl (C=O) groups excluding carboxylic acids is 1. The Morgan fingerprint density at radius 2 is 2.17 bits per heavy atom. The van der Waals surface area contributed by atoms with Crippen LogP contribution in [0.25, 0.3) is 5.69 Å². The van der Waals surface area contributed by atoms with E-state index in [0.717, 1.165) is 11.3 Å². The summed E-state index contributed by atoms with van der Waals surface area (Å²) in [5, 5.41) is 16.6. The molecule has 2 atom stereocenters. The molecule has 2 N–H and O–H groups in total. The predicted molar refractivity (Wildman–Crippen MR) is 85.4 cm³/mol. The van der Waals surface area contributed by atoms with Gasteiger partial charge in [0.15, 0.2) is 0 Å². The van der Waals surface area contributed by atoms with E-state index in [1.807, 2.05) is 41.4 Å². The quantitative estimate of drug-likeness (QED) is 0.854. The van der Waals surface area contributed by atoms with E-state index in [2.05, 4.69) is 10.4 Å². The van der Waals surface area contributed by atoms with Gasteiger partial charge in [-0.1, -0.05) is 18.2 Å². The van der Waals surface area contributed by atoms with Gasteiger partial charge >= 0.3 is 5.97 Å². The number of nitrogens with one attached hydrogen (secondary N) is 1. The third-order valence-corrected chi connectivity index (χ3v) is 5.00. The van der Waals surface area contributed by atoms with E-state index in [0.29, 0.717) is 19.6 Å². The number of fused-ring (bicyclic) bond motifs is 1. The Balaban J connectivity index is 1.50. The largest absolute Gasteiger partial charge is 0.481 e. The topological polar surface area (TPSA) is 87.5 Å². The predicted octanol–water partition coefficient (Wildman–Crippen LogP) is 0.505. The van der Waals surface area contributed by atoms with E-state index in [1.165, 1.54) is 0 Å². The van der Waals surface area contributed by atoms with Gasteiger partial charge in [0.25, 0.3) is 0 Å². The third-order valence-electron chi connectivity index (χ3n) is 5.00. The van der Waals surface area contributed by atoms with Crippen molar-refractivity contribution in [2.24, 2.45) is 11.3 Å². The second-order valence-electron chi connectivity index (χ2n) is 6.53. The van der Waals surface area contributed by atoms with Crippen LogP contribution in [0.2, 0.25) is 0 Å². The molecule has 124 valence electrons. The lowest BCUT2D eigenvalue weighted by atomic mass is 9.81. The van der Waals surface area contributed by atoms with Crippen LogP contribution in [0, 0.1) is 11.3 Å². The van der Waals surface area contributed by atoms with Crippen molar-refractivity contribution in [2.75, 3.05) is 19.6 Å². The molecule has 7 nitrogen and oxygen atoms in total. The molecular formula is C17H18N4O3. The molecular weight excluding hydrogens is 308 g/mol. The second kappa shape index (κ2) is 5.45. The molecule has 0 spiro atoms. The summed E-state index contributed by atoms with van der Waals surface area (Å²) in [7, 11) is 0. The van der Waals surface area contributed by atoms with Gasteiger partial charge in [0.1, 0.15) is 5.41 Å². The molecule has 1 aromatic carbocycles. The Morgan fingerprint density at radius 1 is 1.38 bits per heavy atom. The van der Waals surface area contributed by atoms with Crippen LogP contribution in [0.1, 0.15) is 5.56 Å². The number of para-hydroxylation sites is 1. The fraction of sp³-hybridized carbons (Fsp3) is 0.353. The first-order valence-corrected chi connectivity index (χ1v) is 7.91. The van der Waals surface area contributed by atoms with E-state index in [1.54, 1.807) is 10.9 Å². The molecule has 2 aromatic rings. The van der Waals surface area contributed by atoms with Crippen molar-refractivity contribution in [2.45, 2.75) is 6.54 Å². The molecule has 0 saturated carbocycles. The van der Waals surface area contributed by atoms with Crippen molar-refractivity contribution in [3.63, 3.8) is 0 Å². The standard InChI is InChI=1S/C17H18N4O3/c22-15-14-9-20(11-17(14,10-18-15)16(23)24)7-12-6-19-21(8-12)13-4-2-1-3-5-13/h1-6,8,14H,7,9-11H2,(H,18,22)(H,23,24)/t14-,17+/m1/s1. The number of aliphatic carboxylic acids is 1. The average molecular weight is 326 g/mol. The van der Waals surface area contributed by atoms with E-state index in [4.69, 9.17) is 0 Å². The smallest absolute Gasteiger partial charge is 0.313 e. The summed E-state index contributed by atoms with van der Waals surface area (Å²) in [6.07, 6.45) is 3.73. The molecule has 2 fully saturated rings. The number of likely N-dealkylation sites (tertiary alicyclic amines) is 1. The lowest BCUT2D eigenvalue weighted by Crippen LogP contribution is -2.40. The van der Waals surface area contributed by atoms with Gasteiger partial charge in [0.05, 0.1) is 17.8 Å². The van der Waals surface area contributed by atoms with Crippen LogP contribution in [-0.4, -0.2) is 51.3 Å².